The Hall–Kier alpha value is -1.04. The Bertz CT molecular complexity index is 348. The first-order chi connectivity index (χ1) is 7.35. The maximum absolute atomic E-state index is 10.9. The summed E-state index contributed by atoms with van der Waals surface area (Å²) in [5.74, 6) is 0.265. The fraction of sp³-hybridized carbons (Fsp3) is 0.700. The zero-order chi connectivity index (χ0) is 12.3. The Labute approximate surface area is 99.7 Å². The highest BCUT2D eigenvalue weighted by molar-refractivity contribution is 8.17. The van der Waals surface area contributed by atoms with Crippen LogP contribution in [0.25, 0.3) is 0 Å². The van der Waals surface area contributed by atoms with Crippen molar-refractivity contribution in [2.24, 2.45) is 16.1 Å². The van der Waals surface area contributed by atoms with E-state index in [0.717, 1.165) is 5.71 Å². The van der Waals surface area contributed by atoms with E-state index in [9.17, 15) is 4.79 Å². The molecule has 0 aromatic carbocycles. The monoisotopic (exact) mass is 243 g/mol. The van der Waals surface area contributed by atoms with Gasteiger partial charge in [0.25, 0.3) is 0 Å². The first-order valence-corrected chi connectivity index (χ1v) is 5.93. The third-order valence-corrected chi connectivity index (χ3v) is 2.99. The summed E-state index contributed by atoms with van der Waals surface area (Å²) in [6.07, 6.45) is -0.569. The molecule has 0 unspecified atom stereocenters. The van der Waals surface area contributed by atoms with E-state index in [1.807, 2.05) is 27.7 Å². The van der Waals surface area contributed by atoms with Gasteiger partial charge in [-0.05, 0) is 19.8 Å². The van der Waals surface area contributed by atoms with Crippen LogP contribution in [0.1, 0.15) is 27.7 Å². The molecule has 0 fully saturated rings. The van der Waals surface area contributed by atoms with Gasteiger partial charge in [0, 0.05) is 7.05 Å². The van der Waals surface area contributed by atoms with Crippen LogP contribution in [-0.4, -0.2) is 28.8 Å². The summed E-state index contributed by atoms with van der Waals surface area (Å²) in [6.45, 7) is 8.08. The van der Waals surface area contributed by atoms with Crippen LogP contribution in [0.3, 0.4) is 0 Å². The number of amides is 1. The number of carbonyl (C=O) groups excluding carboxylic acids is 1. The first-order valence-electron chi connectivity index (χ1n) is 5.11. The number of hydrogen-bond acceptors (Lipinski definition) is 5. The molecule has 90 valence electrons. The molecule has 5 nitrogen and oxygen atoms in total. The summed E-state index contributed by atoms with van der Waals surface area (Å²) in [7, 11) is 1.49. The zero-order valence-corrected chi connectivity index (χ0v) is 11.0. The number of thioether (sulfide) groups is 1. The molecule has 1 amide bonds. The van der Waals surface area contributed by atoms with Crippen molar-refractivity contribution in [3.05, 3.63) is 0 Å². The number of oxime groups is 1. The van der Waals surface area contributed by atoms with Crippen LogP contribution in [0, 0.1) is 5.92 Å². The van der Waals surface area contributed by atoms with Gasteiger partial charge in [0.2, 0.25) is 0 Å². The normalized spacial score (nSPS) is 21.1. The molecule has 0 aliphatic carbocycles. The number of rotatable bonds is 2. The molecule has 1 aliphatic heterocycles. The van der Waals surface area contributed by atoms with Crippen LogP contribution in [0.15, 0.2) is 10.1 Å². The summed E-state index contributed by atoms with van der Waals surface area (Å²) in [6, 6.07) is 0. The predicted molar refractivity (Wildman–Crippen MR) is 66.9 cm³/mol. The molecular weight excluding hydrogens is 226 g/mol. The lowest BCUT2D eigenvalue weighted by atomic mass is 10.1. The van der Waals surface area contributed by atoms with Crippen LogP contribution in [0.2, 0.25) is 0 Å². The third kappa shape index (κ3) is 3.23. The van der Waals surface area contributed by atoms with E-state index in [4.69, 9.17) is 0 Å². The largest absolute Gasteiger partial charge is 0.433 e. The summed E-state index contributed by atoms with van der Waals surface area (Å²) < 4.78 is 0. The Kier molecular flexibility index (Phi) is 3.96. The highest BCUT2D eigenvalue weighted by atomic mass is 32.2. The number of hydrogen-bond donors (Lipinski definition) is 1. The maximum Gasteiger partial charge on any atom is 0.433 e. The molecule has 0 radical (unpaired) electrons. The van der Waals surface area contributed by atoms with E-state index >= 15 is 0 Å². The molecule has 0 spiro atoms. The molecule has 1 rings (SSSR count). The van der Waals surface area contributed by atoms with Gasteiger partial charge in [0.1, 0.15) is 4.87 Å². The Morgan fingerprint density at radius 3 is 2.69 bits per heavy atom. The topological polar surface area (TPSA) is 63.0 Å². The molecule has 6 heteroatoms. The lowest BCUT2D eigenvalue weighted by Gasteiger charge is -2.09. The van der Waals surface area contributed by atoms with Crippen molar-refractivity contribution < 1.29 is 9.63 Å². The Balaban J connectivity index is 2.82. The van der Waals surface area contributed by atoms with Crippen molar-refractivity contribution in [2.45, 2.75) is 32.6 Å². The molecule has 1 aliphatic rings. The lowest BCUT2D eigenvalue weighted by molar-refractivity contribution is 0.154. The second-order valence-electron chi connectivity index (χ2n) is 4.23. The van der Waals surface area contributed by atoms with Crippen molar-refractivity contribution in [2.75, 3.05) is 7.05 Å². The van der Waals surface area contributed by atoms with Crippen molar-refractivity contribution in [3.63, 3.8) is 0 Å². The summed E-state index contributed by atoms with van der Waals surface area (Å²) in [4.78, 5) is 19.9. The Morgan fingerprint density at radius 1 is 1.56 bits per heavy atom. The molecule has 0 saturated heterocycles. The van der Waals surface area contributed by atoms with E-state index in [0.29, 0.717) is 5.04 Å². The Morgan fingerprint density at radius 2 is 2.19 bits per heavy atom. The molecular formula is C10H17N3O2S. The van der Waals surface area contributed by atoms with E-state index < -0.39 is 6.09 Å². The minimum absolute atomic E-state index is 0.232. The van der Waals surface area contributed by atoms with Gasteiger partial charge < -0.3 is 5.32 Å². The highest BCUT2D eigenvalue weighted by Gasteiger charge is 2.33. The third-order valence-electron chi connectivity index (χ3n) is 1.92. The number of carbonyl (C=O) groups is 1. The second kappa shape index (κ2) is 4.86. The molecule has 16 heavy (non-hydrogen) atoms. The maximum atomic E-state index is 10.9. The van der Waals surface area contributed by atoms with Crippen LogP contribution >= 0.6 is 11.8 Å². The van der Waals surface area contributed by atoms with Gasteiger partial charge in [-0.3, -0.25) is 9.83 Å². The molecule has 1 heterocycles. The second-order valence-corrected chi connectivity index (χ2v) is 5.82. The van der Waals surface area contributed by atoms with Gasteiger partial charge in [-0.2, -0.15) is 0 Å². The summed E-state index contributed by atoms with van der Waals surface area (Å²) >= 11 is 1.50. The molecule has 0 aromatic rings. The standard InChI is InChI=1S/C10H17N3O2S/c1-6(2)7-8(13-15-9(14)11-5)16-10(3,4)12-7/h6H,1-5H3,(H,11,14). The minimum Gasteiger partial charge on any atom is -0.323 e. The van der Waals surface area contributed by atoms with Crippen molar-refractivity contribution in [3.8, 4) is 0 Å². The van der Waals surface area contributed by atoms with Crippen molar-refractivity contribution in [1.29, 1.82) is 0 Å². The fourth-order valence-corrected chi connectivity index (χ4v) is 2.30. The van der Waals surface area contributed by atoms with E-state index in [1.165, 1.54) is 18.8 Å². The highest BCUT2D eigenvalue weighted by Crippen LogP contribution is 2.35. The van der Waals surface area contributed by atoms with Crippen LogP contribution < -0.4 is 5.32 Å². The van der Waals surface area contributed by atoms with E-state index in [2.05, 4.69) is 20.3 Å². The smallest absolute Gasteiger partial charge is 0.323 e. The van der Waals surface area contributed by atoms with Crippen LogP contribution in [-0.2, 0) is 4.84 Å². The summed E-state index contributed by atoms with van der Waals surface area (Å²) in [5.41, 5.74) is 0.888. The van der Waals surface area contributed by atoms with Gasteiger partial charge in [0.15, 0.2) is 5.04 Å². The van der Waals surface area contributed by atoms with Gasteiger partial charge in [-0.1, -0.05) is 30.8 Å². The van der Waals surface area contributed by atoms with E-state index in [1.54, 1.807) is 0 Å². The average molecular weight is 243 g/mol. The summed E-state index contributed by atoms with van der Waals surface area (Å²) in [5, 5.41) is 6.85. The van der Waals surface area contributed by atoms with Gasteiger partial charge in [0.05, 0.1) is 5.71 Å². The van der Waals surface area contributed by atoms with Crippen molar-refractivity contribution in [1.82, 2.24) is 5.32 Å². The molecule has 0 atom stereocenters. The fourth-order valence-electron chi connectivity index (χ4n) is 1.22. The minimum atomic E-state index is -0.569. The molecule has 0 aromatic heterocycles. The SMILES string of the molecule is CNC(=O)ON=C1SC(C)(C)N=C1C(C)C. The predicted octanol–water partition coefficient (Wildman–Crippen LogP) is 2.24. The molecule has 0 saturated carbocycles. The van der Waals surface area contributed by atoms with Gasteiger partial charge >= 0.3 is 6.09 Å². The van der Waals surface area contributed by atoms with Crippen LogP contribution in [0.4, 0.5) is 4.79 Å². The van der Waals surface area contributed by atoms with Crippen LogP contribution in [0.5, 0.6) is 0 Å². The van der Waals surface area contributed by atoms with Gasteiger partial charge in [-0.25, -0.2) is 4.79 Å². The number of nitrogens with zero attached hydrogens (tertiary/aromatic N) is 2. The first kappa shape index (κ1) is 13.0. The zero-order valence-electron chi connectivity index (χ0n) is 10.2. The van der Waals surface area contributed by atoms with Gasteiger partial charge in [-0.15, -0.1) is 0 Å². The number of aliphatic imine (C=N–C) groups is 1. The van der Waals surface area contributed by atoms with E-state index in [-0.39, 0.29) is 10.8 Å². The molecule has 0 bridgehead atoms. The quantitative estimate of drug-likeness (QED) is 0.597. The molecule has 1 N–H and O–H groups in total. The number of nitrogens with one attached hydrogen (secondary N) is 1. The van der Waals surface area contributed by atoms with Crippen molar-refractivity contribution >= 4 is 28.6 Å². The average Bonchev–Trinajstić information content (AvgIpc) is 2.50. The lowest BCUT2D eigenvalue weighted by Crippen LogP contribution is -2.19.